The Hall–Kier alpha value is -1.90. The number of carbonyl (C=O) groups is 3. The van der Waals surface area contributed by atoms with Gasteiger partial charge in [0.1, 0.15) is 18.3 Å². The number of β-amino-alcohol motifs (C(OH)–C–C–N with tert-alkyl or cyclic N) is 1. The molecule has 136 valence electrons. The number of carboxylic acid groups (broad SMARTS) is 1. The van der Waals surface area contributed by atoms with Crippen LogP contribution in [0.2, 0.25) is 0 Å². The highest BCUT2D eigenvalue weighted by Crippen LogP contribution is 2.16. The molecule has 0 radical (unpaired) electrons. The van der Waals surface area contributed by atoms with Crippen LogP contribution >= 0.6 is 0 Å². The molecule has 0 spiro atoms. The SMILES string of the molecule is C[C@H]1C(=O)N(CCCC(=O)N2CC[C@@H](F)[C@H](O)C2)CCN1C(=O)O. The van der Waals surface area contributed by atoms with E-state index in [4.69, 9.17) is 5.11 Å². The Balaban J connectivity index is 1.75. The molecule has 0 saturated carbocycles. The van der Waals surface area contributed by atoms with Crippen LogP contribution in [0.4, 0.5) is 9.18 Å². The van der Waals surface area contributed by atoms with Gasteiger partial charge >= 0.3 is 6.09 Å². The average Bonchev–Trinajstić information content (AvgIpc) is 2.53. The number of amides is 3. The van der Waals surface area contributed by atoms with Crippen molar-refractivity contribution in [2.24, 2.45) is 0 Å². The molecule has 3 amide bonds. The van der Waals surface area contributed by atoms with Crippen molar-refractivity contribution in [3.8, 4) is 0 Å². The zero-order chi connectivity index (χ0) is 17.9. The van der Waals surface area contributed by atoms with Crippen LogP contribution < -0.4 is 0 Å². The van der Waals surface area contributed by atoms with Gasteiger partial charge in [-0.3, -0.25) is 14.5 Å². The van der Waals surface area contributed by atoms with E-state index < -0.39 is 24.4 Å². The molecule has 9 heteroatoms. The van der Waals surface area contributed by atoms with Gasteiger partial charge in [-0.15, -0.1) is 0 Å². The smallest absolute Gasteiger partial charge is 0.408 e. The Labute approximate surface area is 139 Å². The summed E-state index contributed by atoms with van der Waals surface area (Å²) in [7, 11) is 0. The molecular formula is C15H24FN3O5. The van der Waals surface area contributed by atoms with Crippen molar-refractivity contribution in [1.82, 2.24) is 14.7 Å². The number of piperidine rings is 1. The number of halogens is 1. The monoisotopic (exact) mass is 345 g/mol. The Bertz CT molecular complexity index is 504. The van der Waals surface area contributed by atoms with Gasteiger partial charge in [0, 0.05) is 39.1 Å². The maximum Gasteiger partial charge on any atom is 0.408 e. The first-order valence-electron chi connectivity index (χ1n) is 8.19. The number of carbonyl (C=O) groups excluding carboxylic acids is 2. The maximum atomic E-state index is 13.2. The van der Waals surface area contributed by atoms with Crippen molar-refractivity contribution in [2.45, 2.75) is 44.5 Å². The van der Waals surface area contributed by atoms with Gasteiger partial charge in [-0.25, -0.2) is 9.18 Å². The zero-order valence-electron chi connectivity index (χ0n) is 13.7. The highest BCUT2D eigenvalue weighted by Gasteiger charge is 2.34. The van der Waals surface area contributed by atoms with Crippen molar-refractivity contribution in [1.29, 1.82) is 0 Å². The summed E-state index contributed by atoms with van der Waals surface area (Å²) in [6.45, 7) is 2.81. The first kappa shape index (κ1) is 18.4. The minimum atomic E-state index is -1.28. The van der Waals surface area contributed by atoms with Gasteiger partial charge in [0.15, 0.2) is 0 Å². The number of likely N-dealkylation sites (tertiary alicyclic amines) is 1. The molecule has 2 N–H and O–H groups in total. The highest BCUT2D eigenvalue weighted by atomic mass is 19.1. The quantitative estimate of drug-likeness (QED) is 0.741. The predicted octanol–water partition coefficient (Wildman–Crippen LogP) is -0.0914. The Morgan fingerprint density at radius 1 is 1.29 bits per heavy atom. The van der Waals surface area contributed by atoms with Crippen molar-refractivity contribution in [2.75, 3.05) is 32.7 Å². The van der Waals surface area contributed by atoms with E-state index in [2.05, 4.69) is 0 Å². The van der Waals surface area contributed by atoms with Gasteiger partial charge in [-0.1, -0.05) is 0 Å². The van der Waals surface area contributed by atoms with Gasteiger partial charge < -0.3 is 20.0 Å². The first-order valence-corrected chi connectivity index (χ1v) is 8.19. The second kappa shape index (κ2) is 7.78. The number of nitrogens with zero attached hydrogens (tertiary/aromatic N) is 3. The summed E-state index contributed by atoms with van der Waals surface area (Å²) < 4.78 is 13.2. The van der Waals surface area contributed by atoms with Gasteiger partial charge in [0.2, 0.25) is 11.8 Å². The second-order valence-electron chi connectivity index (χ2n) is 6.29. The van der Waals surface area contributed by atoms with E-state index in [9.17, 15) is 23.9 Å². The van der Waals surface area contributed by atoms with Gasteiger partial charge in [-0.2, -0.15) is 0 Å². The third-order valence-electron chi connectivity index (χ3n) is 4.66. The molecule has 2 aliphatic rings. The third kappa shape index (κ3) is 4.14. The van der Waals surface area contributed by atoms with Crippen LogP contribution in [0.5, 0.6) is 0 Å². The van der Waals surface area contributed by atoms with E-state index >= 15 is 0 Å². The summed E-state index contributed by atoms with van der Waals surface area (Å²) in [5, 5.41) is 18.5. The lowest BCUT2D eigenvalue weighted by Gasteiger charge is -2.37. The normalized spacial score (nSPS) is 28.2. The van der Waals surface area contributed by atoms with Crippen LogP contribution in [0.25, 0.3) is 0 Å². The molecule has 2 rings (SSSR count). The van der Waals surface area contributed by atoms with Gasteiger partial charge in [0.05, 0.1) is 0 Å². The molecule has 0 aromatic carbocycles. The molecule has 0 aromatic heterocycles. The fourth-order valence-electron chi connectivity index (χ4n) is 3.12. The second-order valence-corrected chi connectivity index (χ2v) is 6.29. The molecule has 24 heavy (non-hydrogen) atoms. The fraction of sp³-hybridized carbons (Fsp3) is 0.800. The number of alkyl halides is 1. The van der Waals surface area contributed by atoms with Crippen molar-refractivity contribution in [3.05, 3.63) is 0 Å². The number of aliphatic hydroxyl groups is 1. The van der Waals surface area contributed by atoms with E-state index in [1.54, 1.807) is 11.8 Å². The van der Waals surface area contributed by atoms with E-state index in [1.165, 1.54) is 4.90 Å². The lowest BCUT2D eigenvalue weighted by Crippen LogP contribution is -2.57. The number of hydrogen-bond acceptors (Lipinski definition) is 4. The van der Waals surface area contributed by atoms with E-state index in [1.807, 2.05) is 0 Å². The lowest BCUT2D eigenvalue weighted by atomic mass is 10.1. The molecule has 8 nitrogen and oxygen atoms in total. The number of rotatable bonds is 4. The Kier molecular flexibility index (Phi) is 5.98. The van der Waals surface area contributed by atoms with Crippen LogP contribution in [0, 0.1) is 0 Å². The van der Waals surface area contributed by atoms with E-state index in [0.29, 0.717) is 26.1 Å². The predicted molar refractivity (Wildman–Crippen MR) is 82.1 cm³/mol. The molecule has 2 saturated heterocycles. The van der Waals surface area contributed by atoms with Crippen LogP contribution in [-0.4, -0.2) is 93.9 Å². The molecule has 2 fully saturated rings. The minimum absolute atomic E-state index is 0.00719. The van der Waals surface area contributed by atoms with Crippen molar-refractivity contribution in [3.63, 3.8) is 0 Å². The minimum Gasteiger partial charge on any atom is -0.465 e. The van der Waals surface area contributed by atoms with Gasteiger partial charge in [-0.05, 0) is 19.8 Å². The van der Waals surface area contributed by atoms with Crippen LogP contribution in [-0.2, 0) is 9.59 Å². The molecule has 0 unspecified atom stereocenters. The summed E-state index contributed by atoms with van der Waals surface area (Å²) in [6, 6.07) is -0.717. The first-order chi connectivity index (χ1) is 11.3. The summed E-state index contributed by atoms with van der Waals surface area (Å²) in [5.41, 5.74) is 0. The Morgan fingerprint density at radius 2 is 2.00 bits per heavy atom. The average molecular weight is 345 g/mol. The molecule has 0 bridgehead atoms. The maximum absolute atomic E-state index is 13.2. The summed E-state index contributed by atoms with van der Waals surface area (Å²) >= 11 is 0. The number of aliphatic hydroxyl groups excluding tert-OH is 1. The molecule has 3 atom stereocenters. The van der Waals surface area contributed by atoms with Crippen LogP contribution in [0.1, 0.15) is 26.2 Å². The summed E-state index contributed by atoms with van der Waals surface area (Å²) in [5.74, 6) is -0.421. The zero-order valence-corrected chi connectivity index (χ0v) is 13.7. The largest absolute Gasteiger partial charge is 0.465 e. The van der Waals surface area contributed by atoms with E-state index in [0.717, 1.165) is 4.90 Å². The summed E-state index contributed by atoms with van der Waals surface area (Å²) in [6.07, 6.45) is -2.71. The van der Waals surface area contributed by atoms with E-state index in [-0.39, 0.29) is 37.7 Å². The molecule has 2 heterocycles. The van der Waals surface area contributed by atoms with Crippen molar-refractivity contribution >= 4 is 17.9 Å². The van der Waals surface area contributed by atoms with Crippen LogP contribution in [0.15, 0.2) is 0 Å². The topological polar surface area (TPSA) is 101 Å². The standard InChI is InChI=1S/C15H24FN3O5/c1-10-14(22)17(7-8-19(10)15(23)24)5-2-3-13(21)18-6-4-11(16)12(20)9-18/h10-12,20H,2-9H2,1H3,(H,23,24)/t10-,11+,12+/m0/s1. The molecule has 0 aromatic rings. The third-order valence-corrected chi connectivity index (χ3v) is 4.66. The van der Waals surface area contributed by atoms with Crippen molar-refractivity contribution < 1.29 is 29.0 Å². The molecule has 0 aliphatic carbocycles. The molecule has 2 aliphatic heterocycles. The lowest BCUT2D eigenvalue weighted by molar-refractivity contribution is -0.141. The number of piperazine rings is 1. The number of hydrogen-bond donors (Lipinski definition) is 2. The Morgan fingerprint density at radius 3 is 2.62 bits per heavy atom. The van der Waals surface area contributed by atoms with Gasteiger partial charge in [0.25, 0.3) is 0 Å². The molecular weight excluding hydrogens is 321 g/mol. The van der Waals surface area contributed by atoms with Crippen LogP contribution in [0.3, 0.4) is 0 Å². The highest BCUT2D eigenvalue weighted by molar-refractivity contribution is 5.86. The summed E-state index contributed by atoms with van der Waals surface area (Å²) in [4.78, 5) is 39.4. The fourth-order valence-corrected chi connectivity index (χ4v) is 3.12.